The summed E-state index contributed by atoms with van der Waals surface area (Å²) < 4.78 is 42.9. The first kappa shape index (κ1) is 22.0. The summed E-state index contributed by atoms with van der Waals surface area (Å²) in [5, 5.41) is 7.51. The molecule has 1 saturated heterocycles. The number of amides is 1. The molecule has 1 aliphatic heterocycles. The predicted molar refractivity (Wildman–Crippen MR) is 99.2 cm³/mol. The van der Waals surface area contributed by atoms with Crippen LogP contribution in [0.5, 0.6) is 5.75 Å². The number of carbonyl (C=O) groups excluding carboxylic acids is 1. The molecule has 0 saturated carbocycles. The number of carbonyl (C=O) groups is 1. The van der Waals surface area contributed by atoms with Gasteiger partial charge in [-0.05, 0) is 49.7 Å². The molecule has 1 aliphatic rings. The number of hydrogen-bond donors (Lipinski definition) is 1. The standard InChI is InChI=1S/C18H21F3N4O2.ClH/c1-24(13-14-4-2-5-15(12-14)27-18(19,20)21)16(26)17(6-9-22-10-7-17)25-11-3-8-23-25;/h2-5,8,11-12,22H,6-7,9-10,13H2,1H3;1H. The lowest BCUT2D eigenvalue weighted by Crippen LogP contribution is -2.54. The van der Waals surface area contributed by atoms with E-state index in [1.807, 2.05) is 0 Å². The smallest absolute Gasteiger partial charge is 0.406 e. The highest BCUT2D eigenvalue weighted by Crippen LogP contribution is 2.30. The SMILES string of the molecule is CN(Cc1cccc(OC(F)(F)F)c1)C(=O)C1(n2cccn2)CCNCC1.Cl. The molecule has 6 nitrogen and oxygen atoms in total. The molecule has 10 heteroatoms. The molecule has 3 rings (SSSR count). The maximum Gasteiger partial charge on any atom is 0.573 e. The van der Waals surface area contributed by atoms with Gasteiger partial charge in [0, 0.05) is 26.0 Å². The number of halogens is 4. The molecule has 0 unspecified atom stereocenters. The van der Waals surface area contributed by atoms with Gasteiger partial charge < -0.3 is 15.0 Å². The van der Waals surface area contributed by atoms with Gasteiger partial charge in [0.25, 0.3) is 5.91 Å². The number of likely N-dealkylation sites (N-methyl/N-ethyl adjacent to an activating group) is 1. The Bertz CT molecular complexity index is 777. The second-order valence-corrected chi connectivity index (χ2v) is 6.59. The second kappa shape index (κ2) is 8.83. The van der Waals surface area contributed by atoms with E-state index >= 15 is 0 Å². The van der Waals surface area contributed by atoms with Crippen LogP contribution in [0.1, 0.15) is 18.4 Å². The topological polar surface area (TPSA) is 59.4 Å². The van der Waals surface area contributed by atoms with Gasteiger partial charge in [0.1, 0.15) is 11.3 Å². The van der Waals surface area contributed by atoms with Gasteiger partial charge in [0.2, 0.25) is 0 Å². The van der Waals surface area contributed by atoms with Crippen molar-refractivity contribution < 1.29 is 22.7 Å². The zero-order chi connectivity index (χ0) is 19.5. The first-order valence-electron chi connectivity index (χ1n) is 8.61. The molecule has 0 atom stereocenters. The van der Waals surface area contributed by atoms with Crippen LogP contribution in [0.15, 0.2) is 42.7 Å². The van der Waals surface area contributed by atoms with Gasteiger partial charge in [-0.1, -0.05) is 12.1 Å². The summed E-state index contributed by atoms with van der Waals surface area (Å²) in [6.45, 7) is 1.55. The number of ether oxygens (including phenoxy) is 1. The first-order valence-corrected chi connectivity index (χ1v) is 8.61. The Morgan fingerprint density at radius 3 is 2.64 bits per heavy atom. The van der Waals surface area contributed by atoms with E-state index in [9.17, 15) is 18.0 Å². The highest BCUT2D eigenvalue weighted by molar-refractivity contribution is 5.85. The number of nitrogens with zero attached hydrogens (tertiary/aromatic N) is 3. The van der Waals surface area contributed by atoms with Crippen LogP contribution in [0.3, 0.4) is 0 Å². The van der Waals surface area contributed by atoms with Crippen LogP contribution in [-0.2, 0) is 16.9 Å². The Morgan fingerprint density at radius 1 is 1.32 bits per heavy atom. The van der Waals surface area contributed by atoms with Crippen molar-refractivity contribution in [2.45, 2.75) is 31.3 Å². The van der Waals surface area contributed by atoms with Gasteiger partial charge in [-0.3, -0.25) is 9.48 Å². The van der Waals surface area contributed by atoms with Crippen LogP contribution in [0.4, 0.5) is 13.2 Å². The third kappa shape index (κ3) is 4.96. The molecule has 2 aromatic rings. The number of rotatable bonds is 5. The van der Waals surface area contributed by atoms with Crippen LogP contribution in [0.2, 0.25) is 0 Å². The Balaban J connectivity index is 0.00000280. The summed E-state index contributed by atoms with van der Waals surface area (Å²) in [6.07, 6.45) is -0.159. The van der Waals surface area contributed by atoms with Crippen molar-refractivity contribution in [1.82, 2.24) is 20.0 Å². The van der Waals surface area contributed by atoms with Gasteiger partial charge in [-0.2, -0.15) is 5.10 Å². The lowest BCUT2D eigenvalue weighted by Gasteiger charge is -2.39. The lowest BCUT2D eigenvalue weighted by molar-refractivity contribution is -0.274. The molecular weight excluding hydrogens is 397 g/mol. The first-order chi connectivity index (χ1) is 12.8. The second-order valence-electron chi connectivity index (χ2n) is 6.59. The quantitative estimate of drug-likeness (QED) is 0.811. The van der Waals surface area contributed by atoms with E-state index < -0.39 is 11.9 Å². The number of piperidine rings is 1. The van der Waals surface area contributed by atoms with E-state index in [4.69, 9.17) is 0 Å². The Hall–Kier alpha value is -2.26. The van der Waals surface area contributed by atoms with E-state index in [0.29, 0.717) is 31.5 Å². The normalized spacial score (nSPS) is 16.1. The van der Waals surface area contributed by atoms with Crippen molar-refractivity contribution in [3.8, 4) is 5.75 Å². The highest BCUT2D eigenvalue weighted by Gasteiger charge is 2.43. The average molecular weight is 419 g/mol. The molecule has 1 aromatic carbocycles. The largest absolute Gasteiger partial charge is 0.573 e. The molecule has 1 fully saturated rings. The molecule has 1 amide bonds. The molecule has 1 aromatic heterocycles. The van der Waals surface area contributed by atoms with Gasteiger partial charge in [-0.15, -0.1) is 25.6 Å². The summed E-state index contributed by atoms with van der Waals surface area (Å²) >= 11 is 0. The molecule has 0 bridgehead atoms. The molecule has 154 valence electrons. The van der Waals surface area contributed by atoms with Crippen LogP contribution in [0.25, 0.3) is 0 Å². The number of aromatic nitrogens is 2. The summed E-state index contributed by atoms with van der Waals surface area (Å²) in [4.78, 5) is 14.8. The van der Waals surface area contributed by atoms with Crippen LogP contribution < -0.4 is 10.1 Å². The van der Waals surface area contributed by atoms with Gasteiger partial charge in [0.05, 0.1) is 0 Å². The van der Waals surface area contributed by atoms with E-state index in [1.165, 1.54) is 23.1 Å². The van der Waals surface area contributed by atoms with E-state index in [-0.39, 0.29) is 30.6 Å². The fourth-order valence-corrected chi connectivity index (χ4v) is 3.45. The van der Waals surface area contributed by atoms with Crippen molar-refractivity contribution >= 4 is 18.3 Å². The maximum absolute atomic E-state index is 13.3. The molecule has 0 aliphatic carbocycles. The van der Waals surface area contributed by atoms with Crippen molar-refractivity contribution in [3.05, 3.63) is 48.3 Å². The number of benzene rings is 1. The Labute approximate surface area is 167 Å². The lowest BCUT2D eigenvalue weighted by atomic mass is 9.86. The van der Waals surface area contributed by atoms with Crippen LogP contribution in [0, 0.1) is 0 Å². The monoisotopic (exact) mass is 418 g/mol. The molecule has 28 heavy (non-hydrogen) atoms. The summed E-state index contributed by atoms with van der Waals surface area (Å²) in [6, 6.07) is 7.44. The summed E-state index contributed by atoms with van der Waals surface area (Å²) in [7, 11) is 1.65. The summed E-state index contributed by atoms with van der Waals surface area (Å²) in [5.74, 6) is -0.417. The van der Waals surface area contributed by atoms with E-state index in [2.05, 4.69) is 15.2 Å². The van der Waals surface area contributed by atoms with Crippen molar-refractivity contribution in [2.24, 2.45) is 0 Å². The van der Waals surface area contributed by atoms with E-state index in [1.54, 1.807) is 36.3 Å². The summed E-state index contributed by atoms with van der Waals surface area (Å²) in [5.41, 5.74) is -0.235. The highest BCUT2D eigenvalue weighted by atomic mass is 35.5. The maximum atomic E-state index is 13.3. The van der Waals surface area contributed by atoms with Gasteiger partial charge in [-0.25, -0.2) is 0 Å². The molecular formula is C18H22ClF3N4O2. The van der Waals surface area contributed by atoms with Gasteiger partial charge >= 0.3 is 6.36 Å². The predicted octanol–water partition coefficient (Wildman–Crippen LogP) is 2.94. The van der Waals surface area contributed by atoms with E-state index in [0.717, 1.165) is 0 Å². The molecule has 2 heterocycles. The fourth-order valence-electron chi connectivity index (χ4n) is 3.45. The Morgan fingerprint density at radius 2 is 2.04 bits per heavy atom. The van der Waals surface area contributed by atoms with Crippen LogP contribution in [-0.4, -0.2) is 47.1 Å². The zero-order valence-electron chi connectivity index (χ0n) is 15.3. The number of hydrogen-bond acceptors (Lipinski definition) is 4. The van der Waals surface area contributed by atoms with Gasteiger partial charge in [0.15, 0.2) is 0 Å². The zero-order valence-corrected chi connectivity index (χ0v) is 16.1. The number of nitrogens with one attached hydrogen (secondary N) is 1. The van der Waals surface area contributed by atoms with Crippen molar-refractivity contribution in [2.75, 3.05) is 20.1 Å². The Kier molecular flexibility index (Phi) is 6.95. The third-order valence-electron chi connectivity index (χ3n) is 4.67. The average Bonchev–Trinajstić information content (AvgIpc) is 3.15. The third-order valence-corrected chi connectivity index (χ3v) is 4.67. The van der Waals surface area contributed by atoms with Crippen molar-refractivity contribution in [1.29, 1.82) is 0 Å². The van der Waals surface area contributed by atoms with Crippen LogP contribution >= 0.6 is 12.4 Å². The minimum absolute atomic E-state index is 0. The minimum Gasteiger partial charge on any atom is -0.406 e. The number of alkyl halides is 3. The minimum atomic E-state index is -4.75. The molecule has 0 radical (unpaired) electrons. The molecule has 0 spiro atoms. The molecule has 1 N–H and O–H groups in total. The van der Waals surface area contributed by atoms with Crippen molar-refractivity contribution in [3.63, 3.8) is 0 Å². The fraction of sp³-hybridized carbons (Fsp3) is 0.444.